The summed E-state index contributed by atoms with van der Waals surface area (Å²) in [7, 11) is 0. The number of aromatic amines is 1. The van der Waals surface area contributed by atoms with Crippen molar-refractivity contribution in [3.05, 3.63) is 34.3 Å². The summed E-state index contributed by atoms with van der Waals surface area (Å²) in [5, 5.41) is 8.69. The largest absolute Gasteiger partial charge is 0.354 e. The van der Waals surface area contributed by atoms with Gasteiger partial charge in [0.15, 0.2) is 0 Å². The van der Waals surface area contributed by atoms with E-state index in [1.165, 1.54) is 18.9 Å². The molecule has 1 saturated carbocycles. The van der Waals surface area contributed by atoms with Crippen LogP contribution in [0.3, 0.4) is 0 Å². The third-order valence-electron chi connectivity index (χ3n) is 4.79. The molecule has 2 bridgehead atoms. The molecule has 2 amide bonds. The molecule has 1 fully saturated rings. The van der Waals surface area contributed by atoms with Gasteiger partial charge in [0.25, 0.3) is 5.56 Å². The number of aryl methyl sites for hydroxylation is 1. The van der Waals surface area contributed by atoms with Gasteiger partial charge in [-0.2, -0.15) is 0 Å². The van der Waals surface area contributed by atoms with Crippen LogP contribution in [0.5, 0.6) is 0 Å². The molecule has 2 aliphatic carbocycles. The fourth-order valence-corrected chi connectivity index (χ4v) is 3.68. The van der Waals surface area contributed by atoms with E-state index in [-0.39, 0.29) is 11.6 Å². The van der Waals surface area contributed by atoms with Crippen LogP contribution in [-0.2, 0) is 0 Å². The van der Waals surface area contributed by atoms with Crippen LogP contribution >= 0.6 is 0 Å². The molecule has 1 heterocycles. The van der Waals surface area contributed by atoms with Crippen LogP contribution in [0.15, 0.2) is 23.0 Å². The number of aromatic nitrogens is 2. The smallest absolute Gasteiger partial charge is 0.314 e. The zero-order valence-corrected chi connectivity index (χ0v) is 14.0. The van der Waals surface area contributed by atoms with Gasteiger partial charge in [0, 0.05) is 31.4 Å². The second kappa shape index (κ2) is 7.51. The summed E-state index contributed by atoms with van der Waals surface area (Å²) in [5.41, 5.74) is 0.466. The maximum Gasteiger partial charge on any atom is 0.314 e. The summed E-state index contributed by atoms with van der Waals surface area (Å²) in [4.78, 5) is 29.8. The molecule has 4 N–H and O–H groups in total. The SMILES string of the molecule is Cc1cc(=O)[nH]c(NCCNC(=O)NCC[C@@H]2C[C@@H]3C=C[C@H]2C3)n1. The Hall–Kier alpha value is -2.31. The first kappa shape index (κ1) is 16.5. The lowest BCUT2D eigenvalue weighted by Gasteiger charge is -2.18. The maximum absolute atomic E-state index is 11.8. The van der Waals surface area contributed by atoms with E-state index in [0.717, 1.165) is 24.2 Å². The standard InChI is InChI=1S/C17H25N5O2/c1-11-8-15(23)22-16(21-11)18-6-7-20-17(24)19-5-4-14-10-12-2-3-13(14)9-12/h2-3,8,12-14H,4-7,9-10H2,1H3,(H2,19,20,24)(H2,18,21,22,23)/t12-,13+,14-/m1/s1. The first-order valence-electron chi connectivity index (χ1n) is 8.62. The normalized spacial score (nSPS) is 24.1. The number of rotatable bonds is 7. The maximum atomic E-state index is 11.8. The lowest BCUT2D eigenvalue weighted by atomic mass is 9.91. The molecule has 1 aromatic rings. The molecule has 3 rings (SSSR count). The molecule has 3 atom stereocenters. The number of nitrogens with zero attached hydrogens (tertiary/aromatic N) is 1. The second-order valence-electron chi connectivity index (χ2n) is 6.67. The number of carbonyl (C=O) groups excluding carboxylic acids is 1. The van der Waals surface area contributed by atoms with Crippen LogP contribution in [0.25, 0.3) is 0 Å². The fraction of sp³-hybridized carbons (Fsp3) is 0.588. The van der Waals surface area contributed by atoms with Crippen LogP contribution in [0.4, 0.5) is 10.7 Å². The Balaban J connectivity index is 1.27. The van der Waals surface area contributed by atoms with E-state index < -0.39 is 0 Å². The molecule has 130 valence electrons. The Morgan fingerprint density at radius 1 is 1.25 bits per heavy atom. The van der Waals surface area contributed by atoms with Crippen molar-refractivity contribution in [3.63, 3.8) is 0 Å². The highest BCUT2D eigenvalue weighted by atomic mass is 16.2. The number of amides is 2. The van der Waals surface area contributed by atoms with E-state index in [4.69, 9.17) is 0 Å². The minimum Gasteiger partial charge on any atom is -0.354 e. The number of allylic oxidation sites excluding steroid dienone is 2. The lowest BCUT2D eigenvalue weighted by molar-refractivity contribution is 0.240. The van der Waals surface area contributed by atoms with Crippen molar-refractivity contribution in [1.82, 2.24) is 20.6 Å². The predicted molar refractivity (Wildman–Crippen MR) is 92.9 cm³/mol. The highest BCUT2D eigenvalue weighted by Crippen LogP contribution is 2.44. The highest BCUT2D eigenvalue weighted by Gasteiger charge is 2.34. The van der Waals surface area contributed by atoms with E-state index in [0.29, 0.717) is 31.3 Å². The Kier molecular flexibility index (Phi) is 5.17. The van der Waals surface area contributed by atoms with Crippen LogP contribution in [-0.4, -0.2) is 35.6 Å². The zero-order chi connectivity index (χ0) is 16.9. The molecule has 0 unspecified atom stereocenters. The van der Waals surface area contributed by atoms with Crippen molar-refractivity contribution in [1.29, 1.82) is 0 Å². The van der Waals surface area contributed by atoms with Crippen LogP contribution in [0, 0.1) is 24.7 Å². The Labute approximate surface area is 141 Å². The van der Waals surface area contributed by atoms with Gasteiger partial charge in [-0.1, -0.05) is 12.2 Å². The average molecular weight is 331 g/mol. The second-order valence-corrected chi connectivity index (χ2v) is 6.67. The van der Waals surface area contributed by atoms with Gasteiger partial charge in [-0.15, -0.1) is 0 Å². The summed E-state index contributed by atoms with van der Waals surface area (Å²) in [6, 6.07) is 1.28. The third-order valence-corrected chi connectivity index (χ3v) is 4.79. The molecular formula is C17H25N5O2. The minimum atomic E-state index is -0.189. The van der Waals surface area contributed by atoms with Gasteiger partial charge in [0.05, 0.1) is 0 Å². The zero-order valence-electron chi connectivity index (χ0n) is 14.0. The number of carbonyl (C=O) groups is 1. The van der Waals surface area contributed by atoms with Crippen molar-refractivity contribution in [3.8, 4) is 0 Å². The van der Waals surface area contributed by atoms with Gasteiger partial charge in [-0.25, -0.2) is 9.78 Å². The van der Waals surface area contributed by atoms with Crippen LogP contribution < -0.4 is 21.5 Å². The van der Waals surface area contributed by atoms with Crippen molar-refractivity contribution >= 4 is 12.0 Å². The van der Waals surface area contributed by atoms with Gasteiger partial charge in [-0.05, 0) is 43.9 Å². The number of H-pyrrole nitrogens is 1. The van der Waals surface area contributed by atoms with E-state index in [9.17, 15) is 9.59 Å². The molecule has 0 aromatic carbocycles. The van der Waals surface area contributed by atoms with Crippen LogP contribution in [0.1, 0.15) is 25.0 Å². The third kappa shape index (κ3) is 4.37. The van der Waals surface area contributed by atoms with Gasteiger partial charge in [-0.3, -0.25) is 9.78 Å². The number of hydrogen-bond donors (Lipinski definition) is 4. The summed E-state index contributed by atoms with van der Waals surface area (Å²) in [6.45, 7) is 3.43. The molecule has 0 aliphatic heterocycles. The van der Waals surface area contributed by atoms with E-state index >= 15 is 0 Å². The Morgan fingerprint density at radius 3 is 2.79 bits per heavy atom. The summed E-state index contributed by atoms with van der Waals surface area (Å²) >= 11 is 0. The lowest BCUT2D eigenvalue weighted by Crippen LogP contribution is -2.39. The molecule has 0 radical (unpaired) electrons. The first-order valence-corrected chi connectivity index (χ1v) is 8.62. The number of fused-ring (bicyclic) bond motifs is 2. The molecule has 0 saturated heterocycles. The van der Waals surface area contributed by atoms with E-state index in [2.05, 4.69) is 38.1 Å². The van der Waals surface area contributed by atoms with Crippen LogP contribution in [0.2, 0.25) is 0 Å². The van der Waals surface area contributed by atoms with Crippen molar-refractivity contribution < 1.29 is 4.79 Å². The number of nitrogens with one attached hydrogen (secondary N) is 4. The molecule has 7 heteroatoms. The quantitative estimate of drug-likeness (QED) is 0.448. The molecule has 7 nitrogen and oxygen atoms in total. The molecular weight excluding hydrogens is 306 g/mol. The topological polar surface area (TPSA) is 98.9 Å². The number of anilines is 1. The van der Waals surface area contributed by atoms with Gasteiger partial charge < -0.3 is 16.0 Å². The van der Waals surface area contributed by atoms with Crippen molar-refractivity contribution in [2.75, 3.05) is 25.0 Å². The summed E-state index contributed by atoms with van der Waals surface area (Å²) in [5.74, 6) is 2.66. The van der Waals surface area contributed by atoms with E-state index in [1.807, 2.05) is 0 Å². The number of urea groups is 1. The van der Waals surface area contributed by atoms with Gasteiger partial charge >= 0.3 is 6.03 Å². The van der Waals surface area contributed by atoms with Crippen molar-refractivity contribution in [2.24, 2.45) is 17.8 Å². The average Bonchev–Trinajstić information content (AvgIpc) is 3.13. The first-order chi connectivity index (χ1) is 11.6. The Morgan fingerprint density at radius 2 is 2.08 bits per heavy atom. The monoisotopic (exact) mass is 331 g/mol. The molecule has 0 spiro atoms. The molecule has 2 aliphatic rings. The molecule has 1 aromatic heterocycles. The summed E-state index contributed by atoms with van der Waals surface area (Å²) < 4.78 is 0. The summed E-state index contributed by atoms with van der Waals surface area (Å²) in [6.07, 6.45) is 8.30. The fourth-order valence-electron chi connectivity index (χ4n) is 3.68. The highest BCUT2D eigenvalue weighted by molar-refractivity contribution is 5.73. The minimum absolute atomic E-state index is 0.152. The van der Waals surface area contributed by atoms with Crippen molar-refractivity contribution in [2.45, 2.75) is 26.2 Å². The predicted octanol–water partition coefficient (Wildman–Crippen LogP) is 1.39. The van der Waals surface area contributed by atoms with Gasteiger partial charge in [0.1, 0.15) is 0 Å². The number of hydrogen-bond acceptors (Lipinski definition) is 4. The Bertz CT molecular complexity index is 669. The van der Waals surface area contributed by atoms with Gasteiger partial charge in [0.2, 0.25) is 5.95 Å². The molecule has 24 heavy (non-hydrogen) atoms. The van der Waals surface area contributed by atoms with E-state index in [1.54, 1.807) is 6.92 Å².